The van der Waals surface area contributed by atoms with Crippen LogP contribution >= 0.6 is 0 Å². The zero-order chi connectivity index (χ0) is 22.2. The van der Waals surface area contributed by atoms with Gasteiger partial charge in [-0.3, -0.25) is 4.79 Å². The first-order valence-corrected chi connectivity index (χ1v) is 11.1. The summed E-state index contributed by atoms with van der Waals surface area (Å²) in [6.07, 6.45) is 6.28. The molecule has 1 aromatic rings. The van der Waals surface area contributed by atoms with Crippen LogP contribution in [0.4, 0.5) is 0 Å². The van der Waals surface area contributed by atoms with E-state index in [4.69, 9.17) is 9.47 Å². The number of esters is 1. The fourth-order valence-corrected chi connectivity index (χ4v) is 4.08. The van der Waals surface area contributed by atoms with E-state index in [0.29, 0.717) is 12.4 Å². The third-order valence-electron chi connectivity index (χ3n) is 5.58. The fraction of sp³-hybridized carbons (Fsp3) is 0.625. The molecule has 1 amide bonds. The van der Waals surface area contributed by atoms with Crippen molar-refractivity contribution < 1.29 is 19.1 Å². The van der Waals surface area contributed by atoms with Crippen LogP contribution < -0.4 is 10.2 Å². The van der Waals surface area contributed by atoms with Gasteiger partial charge in [0, 0.05) is 0 Å². The van der Waals surface area contributed by atoms with E-state index >= 15 is 0 Å². The number of carbonyl (C=O) groups excluding carboxylic acids is 2. The lowest BCUT2D eigenvalue weighted by Gasteiger charge is -2.27. The summed E-state index contributed by atoms with van der Waals surface area (Å²) >= 11 is 0. The number of hydrogen-bond donors (Lipinski definition) is 1. The molecular formula is C24H36N2O4. The third kappa shape index (κ3) is 5.61. The Kier molecular flexibility index (Phi) is 8.44. The maximum atomic E-state index is 12.5. The topological polar surface area (TPSA) is 77.0 Å². The van der Waals surface area contributed by atoms with E-state index in [1.54, 1.807) is 20.8 Å². The second kappa shape index (κ2) is 10.6. The lowest BCUT2D eigenvalue weighted by Crippen LogP contribution is -2.39. The quantitative estimate of drug-likeness (QED) is 0.497. The summed E-state index contributed by atoms with van der Waals surface area (Å²) in [7, 11) is 0. The molecule has 0 aliphatic carbocycles. The number of nitrogens with one attached hydrogen (secondary N) is 1. The normalized spacial score (nSPS) is 15.5. The van der Waals surface area contributed by atoms with Crippen LogP contribution in [0.3, 0.4) is 0 Å². The van der Waals surface area contributed by atoms with Crippen LogP contribution in [0, 0.1) is 5.41 Å². The molecule has 2 rings (SSSR count). The molecule has 0 saturated heterocycles. The third-order valence-corrected chi connectivity index (χ3v) is 5.58. The largest absolute Gasteiger partial charge is 0.476 e. The van der Waals surface area contributed by atoms with Crippen molar-refractivity contribution in [2.45, 2.75) is 85.2 Å². The van der Waals surface area contributed by atoms with E-state index < -0.39 is 11.0 Å². The van der Waals surface area contributed by atoms with Crippen molar-refractivity contribution >= 4 is 17.6 Å². The van der Waals surface area contributed by atoms with Gasteiger partial charge >= 0.3 is 5.97 Å². The molecule has 1 aliphatic heterocycles. The summed E-state index contributed by atoms with van der Waals surface area (Å²) in [6, 6.07) is 7.80. The summed E-state index contributed by atoms with van der Waals surface area (Å²) in [6.45, 7) is 9.75. The zero-order valence-corrected chi connectivity index (χ0v) is 19.0. The van der Waals surface area contributed by atoms with Gasteiger partial charge in [-0.2, -0.15) is 5.10 Å². The SMILES string of the molecule is CCCC1(CCC)C(=O)NN=C1CCCc1ccc(OC(C)(C)C(=O)OCC)cc1. The average Bonchev–Trinajstić information content (AvgIpc) is 2.99. The second-order valence-corrected chi connectivity index (χ2v) is 8.41. The average molecular weight is 417 g/mol. The lowest BCUT2D eigenvalue weighted by atomic mass is 9.73. The summed E-state index contributed by atoms with van der Waals surface area (Å²) in [4.78, 5) is 24.5. The van der Waals surface area contributed by atoms with Gasteiger partial charge in [0.25, 0.3) is 5.91 Å². The molecule has 0 bridgehead atoms. The smallest absolute Gasteiger partial charge is 0.349 e. The maximum absolute atomic E-state index is 12.5. The van der Waals surface area contributed by atoms with Crippen molar-refractivity contribution in [1.82, 2.24) is 5.43 Å². The molecule has 0 unspecified atom stereocenters. The van der Waals surface area contributed by atoms with Crippen molar-refractivity contribution in [1.29, 1.82) is 0 Å². The molecule has 0 radical (unpaired) electrons. The number of ether oxygens (including phenoxy) is 2. The molecule has 1 aliphatic rings. The monoisotopic (exact) mass is 416 g/mol. The van der Waals surface area contributed by atoms with Crippen LogP contribution in [0.15, 0.2) is 29.4 Å². The Morgan fingerprint density at radius 3 is 2.27 bits per heavy atom. The number of hydrazone groups is 1. The second-order valence-electron chi connectivity index (χ2n) is 8.41. The van der Waals surface area contributed by atoms with Gasteiger partial charge in [0.2, 0.25) is 0 Å². The van der Waals surface area contributed by atoms with Gasteiger partial charge in [0.1, 0.15) is 5.75 Å². The highest BCUT2D eigenvalue weighted by Gasteiger charge is 2.45. The Bertz CT molecular complexity index is 747. The zero-order valence-electron chi connectivity index (χ0n) is 19.0. The molecule has 0 atom stereocenters. The standard InChI is InChI=1S/C24H36N2O4/c1-6-16-24(17-7-2)20(25-26-21(24)27)11-9-10-18-12-14-19(15-13-18)30-23(4,5)22(28)29-8-3/h12-15H,6-11,16-17H2,1-5H3,(H,26,27). The van der Waals surface area contributed by atoms with Crippen molar-refractivity contribution in [2.75, 3.05) is 6.61 Å². The number of nitrogens with zero attached hydrogens (tertiary/aromatic N) is 1. The highest BCUT2D eigenvalue weighted by atomic mass is 16.6. The first-order valence-electron chi connectivity index (χ1n) is 11.1. The summed E-state index contributed by atoms with van der Waals surface area (Å²) < 4.78 is 10.9. The molecule has 6 nitrogen and oxygen atoms in total. The molecule has 1 N–H and O–H groups in total. The number of amides is 1. The predicted molar refractivity (Wildman–Crippen MR) is 119 cm³/mol. The van der Waals surface area contributed by atoms with Gasteiger partial charge < -0.3 is 9.47 Å². The highest BCUT2D eigenvalue weighted by Crippen LogP contribution is 2.37. The van der Waals surface area contributed by atoms with E-state index in [1.165, 1.54) is 5.56 Å². The fourth-order valence-electron chi connectivity index (χ4n) is 4.08. The Hall–Kier alpha value is -2.37. The minimum absolute atomic E-state index is 0.0620. The van der Waals surface area contributed by atoms with Crippen LogP contribution in [0.2, 0.25) is 0 Å². The van der Waals surface area contributed by atoms with E-state index in [1.807, 2.05) is 24.3 Å². The number of carbonyl (C=O) groups is 2. The summed E-state index contributed by atoms with van der Waals surface area (Å²) in [5.74, 6) is 0.320. The van der Waals surface area contributed by atoms with Gasteiger partial charge in [0.05, 0.1) is 17.7 Å². The Morgan fingerprint density at radius 1 is 1.07 bits per heavy atom. The molecule has 0 saturated carbocycles. The van der Waals surface area contributed by atoms with E-state index in [0.717, 1.165) is 50.7 Å². The van der Waals surface area contributed by atoms with Crippen molar-refractivity contribution in [3.8, 4) is 5.75 Å². The molecule has 0 spiro atoms. The van der Waals surface area contributed by atoms with Gasteiger partial charge in [-0.15, -0.1) is 0 Å². The number of rotatable bonds is 12. The first-order chi connectivity index (χ1) is 14.3. The predicted octanol–water partition coefficient (Wildman–Crippen LogP) is 4.80. The van der Waals surface area contributed by atoms with Gasteiger partial charge in [0.15, 0.2) is 5.60 Å². The van der Waals surface area contributed by atoms with Crippen LogP contribution in [0.5, 0.6) is 5.75 Å². The van der Waals surface area contributed by atoms with E-state index in [-0.39, 0.29) is 11.9 Å². The van der Waals surface area contributed by atoms with Gasteiger partial charge in [-0.05, 0) is 70.6 Å². The lowest BCUT2D eigenvalue weighted by molar-refractivity contribution is -0.158. The van der Waals surface area contributed by atoms with E-state index in [9.17, 15) is 9.59 Å². The first kappa shape index (κ1) is 23.9. The van der Waals surface area contributed by atoms with Crippen LogP contribution in [0.1, 0.15) is 78.7 Å². The molecule has 166 valence electrons. The van der Waals surface area contributed by atoms with Gasteiger partial charge in [-0.1, -0.05) is 38.8 Å². The summed E-state index contributed by atoms with van der Waals surface area (Å²) in [5, 5.41) is 4.38. The minimum atomic E-state index is -1.03. The van der Waals surface area contributed by atoms with Crippen molar-refractivity contribution in [2.24, 2.45) is 10.5 Å². The van der Waals surface area contributed by atoms with E-state index in [2.05, 4.69) is 24.4 Å². The highest BCUT2D eigenvalue weighted by molar-refractivity contribution is 6.12. The maximum Gasteiger partial charge on any atom is 0.349 e. The molecule has 0 fully saturated rings. The molecular weight excluding hydrogens is 380 g/mol. The van der Waals surface area contributed by atoms with Crippen LogP contribution in [-0.2, 0) is 20.7 Å². The number of aryl methyl sites for hydroxylation is 1. The number of hydrogen-bond acceptors (Lipinski definition) is 5. The molecule has 1 aromatic carbocycles. The van der Waals surface area contributed by atoms with Crippen molar-refractivity contribution in [3.63, 3.8) is 0 Å². The Morgan fingerprint density at radius 2 is 1.70 bits per heavy atom. The minimum Gasteiger partial charge on any atom is -0.476 e. The molecule has 30 heavy (non-hydrogen) atoms. The van der Waals surface area contributed by atoms with Gasteiger partial charge in [-0.25, -0.2) is 10.2 Å². The molecule has 6 heteroatoms. The summed E-state index contributed by atoms with van der Waals surface area (Å²) in [5.41, 5.74) is 3.47. The van der Waals surface area contributed by atoms with Crippen molar-refractivity contribution in [3.05, 3.63) is 29.8 Å². The molecule has 0 aromatic heterocycles. The Balaban J connectivity index is 1.92. The molecule has 1 heterocycles. The van der Waals surface area contributed by atoms with Crippen LogP contribution in [0.25, 0.3) is 0 Å². The Labute approximate surface area is 180 Å². The number of benzene rings is 1. The van der Waals surface area contributed by atoms with Crippen LogP contribution in [-0.4, -0.2) is 29.8 Å².